The number of benzene rings is 2. The highest BCUT2D eigenvalue weighted by Crippen LogP contribution is 2.37. The van der Waals surface area contributed by atoms with Crippen LogP contribution in [0.2, 0.25) is 0 Å². The van der Waals surface area contributed by atoms with E-state index in [2.05, 4.69) is 4.99 Å². The lowest BCUT2D eigenvalue weighted by atomic mass is 9.85. The highest BCUT2D eigenvalue weighted by Gasteiger charge is 2.19. The number of aliphatic imine (C=N–C) groups is 1. The number of hydrogen-bond acceptors (Lipinski definition) is 2. The molecule has 1 amide bonds. The van der Waals surface area contributed by atoms with Crippen LogP contribution in [0.1, 0.15) is 33.5 Å². The van der Waals surface area contributed by atoms with Gasteiger partial charge in [0.15, 0.2) is 5.96 Å². The molecule has 25 heavy (non-hydrogen) atoms. The molecule has 0 bridgehead atoms. The second-order valence-corrected chi connectivity index (χ2v) is 5.71. The van der Waals surface area contributed by atoms with Crippen LogP contribution in [0.4, 0.5) is 4.39 Å². The number of carbonyl (C=O) groups excluding carboxylic acids is 1. The first kappa shape index (κ1) is 16.7. The Hall–Kier alpha value is -3.15. The zero-order chi connectivity index (χ0) is 18.0. The molecule has 0 heterocycles. The molecule has 0 saturated carbocycles. The number of ether oxygens (including phenoxy) is 1. The molecule has 0 atom stereocenters. The first-order valence-corrected chi connectivity index (χ1v) is 7.81. The Labute approximate surface area is 144 Å². The van der Waals surface area contributed by atoms with Crippen LogP contribution in [0.5, 0.6) is 5.75 Å². The fraction of sp³-hybridized carbons (Fsp3) is 0.158. The van der Waals surface area contributed by atoms with Gasteiger partial charge < -0.3 is 16.2 Å². The first-order chi connectivity index (χ1) is 12.0. The van der Waals surface area contributed by atoms with Crippen molar-refractivity contribution in [2.45, 2.75) is 12.8 Å². The van der Waals surface area contributed by atoms with Gasteiger partial charge in [0.1, 0.15) is 11.6 Å². The smallest absolute Gasteiger partial charge is 0.280 e. The number of amides is 1. The van der Waals surface area contributed by atoms with Crippen molar-refractivity contribution in [2.75, 3.05) is 7.11 Å². The summed E-state index contributed by atoms with van der Waals surface area (Å²) in [6, 6.07) is 9.69. The third kappa shape index (κ3) is 3.38. The zero-order valence-electron chi connectivity index (χ0n) is 13.8. The number of halogens is 1. The highest BCUT2D eigenvalue weighted by molar-refractivity contribution is 6.02. The van der Waals surface area contributed by atoms with E-state index < -0.39 is 5.91 Å². The fourth-order valence-corrected chi connectivity index (χ4v) is 2.99. The van der Waals surface area contributed by atoms with Crippen LogP contribution in [0.3, 0.4) is 0 Å². The minimum atomic E-state index is -0.515. The minimum absolute atomic E-state index is 0.287. The van der Waals surface area contributed by atoms with Crippen molar-refractivity contribution < 1.29 is 13.9 Å². The Kier molecular flexibility index (Phi) is 4.52. The lowest BCUT2D eigenvalue weighted by Gasteiger charge is -2.20. The largest absolute Gasteiger partial charge is 0.496 e. The predicted octanol–water partition coefficient (Wildman–Crippen LogP) is 2.63. The topological polar surface area (TPSA) is 90.7 Å². The monoisotopic (exact) mass is 339 g/mol. The number of hydrogen-bond donors (Lipinski definition) is 2. The summed E-state index contributed by atoms with van der Waals surface area (Å²) in [7, 11) is 1.54. The molecule has 6 heteroatoms. The van der Waals surface area contributed by atoms with E-state index in [4.69, 9.17) is 16.2 Å². The van der Waals surface area contributed by atoms with Crippen LogP contribution in [0, 0.1) is 5.82 Å². The minimum Gasteiger partial charge on any atom is -0.496 e. The lowest BCUT2D eigenvalue weighted by Crippen LogP contribution is -2.24. The van der Waals surface area contributed by atoms with Gasteiger partial charge in [-0.3, -0.25) is 4.79 Å². The number of aryl methyl sites for hydroxylation is 1. The van der Waals surface area contributed by atoms with Crippen molar-refractivity contribution in [3.8, 4) is 5.75 Å². The highest BCUT2D eigenvalue weighted by atomic mass is 19.1. The molecule has 0 aromatic heterocycles. The van der Waals surface area contributed by atoms with Gasteiger partial charge in [0.05, 0.1) is 7.11 Å². The molecule has 0 fully saturated rings. The summed E-state index contributed by atoms with van der Waals surface area (Å²) in [4.78, 5) is 15.7. The van der Waals surface area contributed by atoms with Crippen LogP contribution < -0.4 is 16.2 Å². The number of fused-ring (bicyclic) bond motifs is 1. The van der Waals surface area contributed by atoms with Crippen LogP contribution >= 0.6 is 0 Å². The standard InChI is InChI=1S/C19H18FN3O2/c1-25-17-8-7-13(20)10-16(17)14-4-2-3-11-5-6-12(9-15(11)14)18(24)23-19(21)22/h4-10H,2-3H2,1H3,(H4,21,22,23,24). The van der Waals surface area contributed by atoms with Crippen LogP contribution in [0.25, 0.3) is 5.57 Å². The van der Waals surface area contributed by atoms with E-state index in [0.29, 0.717) is 16.9 Å². The molecule has 1 aliphatic carbocycles. The maximum atomic E-state index is 13.8. The summed E-state index contributed by atoms with van der Waals surface area (Å²) in [5.41, 5.74) is 14.3. The van der Waals surface area contributed by atoms with E-state index >= 15 is 0 Å². The van der Waals surface area contributed by atoms with E-state index in [9.17, 15) is 9.18 Å². The molecule has 3 rings (SSSR count). The van der Waals surface area contributed by atoms with Gasteiger partial charge in [-0.25, -0.2) is 4.39 Å². The summed E-state index contributed by atoms with van der Waals surface area (Å²) in [5.74, 6) is -0.581. The summed E-state index contributed by atoms with van der Waals surface area (Å²) in [6.45, 7) is 0. The molecule has 0 unspecified atom stereocenters. The average molecular weight is 339 g/mol. The predicted molar refractivity (Wildman–Crippen MR) is 94.9 cm³/mol. The molecular weight excluding hydrogens is 321 g/mol. The van der Waals surface area contributed by atoms with Gasteiger partial charge in [0.25, 0.3) is 5.91 Å². The van der Waals surface area contributed by atoms with E-state index in [-0.39, 0.29) is 11.8 Å². The van der Waals surface area contributed by atoms with E-state index in [1.807, 2.05) is 12.1 Å². The third-order valence-electron chi connectivity index (χ3n) is 4.09. The van der Waals surface area contributed by atoms with Gasteiger partial charge >= 0.3 is 0 Å². The summed E-state index contributed by atoms with van der Waals surface area (Å²) in [6.07, 6.45) is 3.69. The van der Waals surface area contributed by atoms with Gasteiger partial charge in [0, 0.05) is 11.1 Å². The molecule has 2 aromatic rings. The van der Waals surface area contributed by atoms with Crippen LogP contribution in [-0.4, -0.2) is 19.0 Å². The van der Waals surface area contributed by atoms with E-state index in [1.54, 1.807) is 25.3 Å². The summed E-state index contributed by atoms with van der Waals surface area (Å²) in [5, 5.41) is 0. The van der Waals surface area contributed by atoms with Crippen molar-refractivity contribution >= 4 is 17.4 Å². The summed E-state index contributed by atoms with van der Waals surface area (Å²) >= 11 is 0. The van der Waals surface area contributed by atoms with Gasteiger partial charge in [-0.1, -0.05) is 12.1 Å². The number of guanidine groups is 1. The molecule has 1 aliphatic rings. The average Bonchev–Trinajstić information content (AvgIpc) is 2.60. The molecule has 128 valence electrons. The van der Waals surface area contributed by atoms with Crippen molar-refractivity contribution in [2.24, 2.45) is 16.5 Å². The Balaban J connectivity index is 2.12. The molecule has 0 spiro atoms. The van der Waals surface area contributed by atoms with Crippen molar-refractivity contribution in [1.29, 1.82) is 0 Å². The quantitative estimate of drug-likeness (QED) is 0.664. The molecular formula is C19H18FN3O2. The maximum absolute atomic E-state index is 13.8. The first-order valence-electron chi connectivity index (χ1n) is 7.81. The summed E-state index contributed by atoms with van der Waals surface area (Å²) < 4.78 is 19.2. The van der Waals surface area contributed by atoms with Gasteiger partial charge in [-0.2, -0.15) is 4.99 Å². The molecule has 0 radical (unpaired) electrons. The van der Waals surface area contributed by atoms with Crippen molar-refractivity contribution in [3.05, 3.63) is 70.5 Å². The zero-order valence-corrected chi connectivity index (χ0v) is 13.8. The van der Waals surface area contributed by atoms with Gasteiger partial charge in [-0.15, -0.1) is 0 Å². The van der Waals surface area contributed by atoms with Crippen LogP contribution in [-0.2, 0) is 6.42 Å². The number of allylic oxidation sites excluding steroid dienone is 1. The van der Waals surface area contributed by atoms with E-state index in [0.717, 1.165) is 29.5 Å². The molecule has 4 N–H and O–H groups in total. The Morgan fingerprint density at radius 1 is 1.16 bits per heavy atom. The number of nitrogens with two attached hydrogens (primary N) is 2. The third-order valence-corrected chi connectivity index (χ3v) is 4.09. The Bertz CT molecular complexity index is 900. The van der Waals surface area contributed by atoms with Gasteiger partial charge in [-0.05, 0) is 59.9 Å². The maximum Gasteiger partial charge on any atom is 0.280 e. The van der Waals surface area contributed by atoms with E-state index in [1.165, 1.54) is 12.1 Å². The molecule has 5 nitrogen and oxygen atoms in total. The Morgan fingerprint density at radius 2 is 1.96 bits per heavy atom. The number of nitrogens with zero attached hydrogens (tertiary/aromatic N) is 1. The normalized spacial score (nSPS) is 12.8. The molecule has 0 aliphatic heterocycles. The van der Waals surface area contributed by atoms with Crippen molar-refractivity contribution in [3.63, 3.8) is 0 Å². The second-order valence-electron chi connectivity index (χ2n) is 5.71. The van der Waals surface area contributed by atoms with Crippen LogP contribution in [0.15, 0.2) is 47.5 Å². The fourth-order valence-electron chi connectivity index (χ4n) is 2.99. The molecule has 0 saturated heterocycles. The number of methoxy groups -OCH3 is 1. The number of rotatable bonds is 3. The lowest BCUT2D eigenvalue weighted by molar-refractivity contribution is 0.100. The van der Waals surface area contributed by atoms with Gasteiger partial charge in [0.2, 0.25) is 0 Å². The van der Waals surface area contributed by atoms with Crippen molar-refractivity contribution in [1.82, 2.24) is 0 Å². The number of carbonyl (C=O) groups is 1. The SMILES string of the molecule is COc1ccc(F)cc1C1=CCCc2ccc(C(=O)N=C(N)N)cc21. The second kappa shape index (κ2) is 6.76. The Morgan fingerprint density at radius 3 is 2.68 bits per heavy atom. The molecule has 2 aromatic carbocycles.